The van der Waals surface area contributed by atoms with Crippen LogP contribution in [-0.2, 0) is 11.2 Å². The van der Waals surface area contributed by atoms with Crippen molar-refractivity contribution in [2.75, 3.05) is 26.2 Å². The van der Waals surface area contributed by atoms with Crippen molar-refractivity contribution >= 4 is 29.7 Å². The number of carbonyl (C=O) groups excluding carboxylic acids is 2. The molecule has 6 heteroatoms. The third kappa shape index (κ3) is 7.26. The van der Waals surface area contributed by atoms with E-state index in [9.17, 15) is 9.59 Å². The molecule has 2 heterocycles. The van der Waals surface area contributed by atoms with E-state index < -0.39 is 0 Å². The Balaban J connectivity index is 1.01. The maximum Gasteiger partial charge on any atom is 0.257 e. The highest BCUT2D eigenvalue weighted by atomic mass is 32.2. The van der Waals surface area contributed by atoms with Gasteiger partial charge in [0.2, 0.25) is 0 Å². The highest BCUT2D eigenvalue weighted by Crippen LogP contribution is 2.37. The lowest BCUT2D eigenvalue weighted by molar-refractivity contribution is -0.117. The molecule has 2 aromatic carbocycles. The largest absolute Gasteiger partial charge is 0.352 e. The average molecular weight is 518 g/mol. The molecule has 2 atom stereocenters. The molecule has 2 saturated heterocycles. The number of nitrogens with zero attached hydrogens (tertiary/aromatic N) is 1. The highest BCUT2D eigenvalue weighted by Gasteiger charge is 2.34. The fourth-order valence-electron chi connectivity index (χ4n) is 5.81. The lowest BCUT2D eigenvalue weighted by Crippen LogP contribution is -2.48. The first kappa shape index (κ1) is 26.1. The van der Waals surface area contributed by atoms with E-state index in [4.69, 9.17) is 0 Å². The molecule has 0 spiro atoms. The molecule has 0 radical (unpaired) electrons. The maximum absolute atomic E-state index is 12.6. The summed E-state index contributed by atoms with van der Waals surface area (Å²) in [5.74, 6) is 0.790. The summed E-state index contributed by atoms with van der Waals surface area (Å²) in [5.41, 5.74) is 3.07. The molecule has 2 aromatic rings. The molecule has 0 aromatic heterocycles. The van der Waals surface area contributed by atoms with E-state index in [0.717, 1.165) is 48.9 Å². The molecular formula is C31H39N3O2S. The molecule has 3 aliphatic rings. The number of fused-ring (bicyclic) bond motifs is 1. The molecule has 2 amide bonds. The van der Waals surface area contributed by atoms with Gasteiger partial charge in [0.05, 0.1) is 4.91 Å². The quantitative estimate of drug-likeness (QED) is 0.370. The van der Waals surface area contributed by atoms with Gasteiger partial charge in [-0.15, -0.1) is 11.8 Å². The summed E-state index contributed by atoms with van der Waals surface area (Å²) in [4.78, 5) is 28.4. The number of amides is 2. The fourth-order valence-corrected chi connectivity index (χ4v) is 7.16. The first-order chi connectivity index (χ1) is 18.1. The van der Waals surface area contributed by atoms with Gasteiger partial charge in [0.25, 0.3) is 11.8 Å². The van der Waals surface area contributed by atoms with Crippen LogP contribution in [0, 0.1) is 5.92 Å². The van der Waals surface area contributed by atoms with E-state index in [0.29, 0.717) is 23.4 Å². The van der Waals surface area contributed by atoms with Crippen LogP contribution in [0.25, 0.3) is 6.08 Å². The van der Waals surface area contributed by atoms with Crippen LogP contribution in [0.1, 0.15) is 66.4 Å². The van der Waals surface area contributed by atoms with Gasteiger partial charge in [0.15, 0.2) is 0 Å². The van der Waals surface area contributed by atoms with Gasteiger partial charge in [0.1, 0.15) is 0 Å². The Morgan fingerprint density at radius 2 is 1.76 bits per heavy atom. The SMILES string of the molecule is O=C1NC2CCCCC2S/C1=C/c1ccc(C(=O)NCCCN2CCC(Cc3ccccc3)CC2)cc1. The number of hydrogen-bond acceptors (Lipinski definition) is 4. The van der Waals surface area contributed by atoms with Gasteiger partial charge in [-0.2, -0.15) is 0 Å². The van der Waals surface area contributed by atoms with Crippen LogP contribution in [0.15, 0.2) is 59.5 Å². The molecule has 2 unspecified atom stereocenters. The zero-order chi connectivity index (χ0) is 25.5. The summed E-state index contributed by atoms with van der Waals surface area (Å²) in [6.45, 7) is 4.03. The summed E-state index contributed by atoms with van der Waals surface area (Å²) >= 11 is 1.72. The fraction of sp³-hybridized carbons (Fsp3) is 0.484. The van der Waals surface area contributed by atoms with Crippen LogP contribution < -0.4 is 10.6 Å². The van der Waals surface area contributed by atoms with Crippen LogP contribution in [0.4, 0.5) is 0 Å². The van der Waals surface area contributed by atoms with Crippen molar-refractivity contribution in [3.8, 4) is 0 Å². The number of benzene rings is 2. The number of piperidine rings is 1. The van der Waals surface area contributed by atoms with Crippen molar-refractivity contribution in [3.63, 3.8) is 0 Å². The van der Waals surface area contributed by atoms with Crippen LogP contribution in [0.2, 0.25) is 0 Å². The molecule has 3 fully saturated rings. The minimum atomic E-state index is -0.0318. The molecule has 196 valence electrons. The normalized spacial score (nSPS) is 23.9. The van der Waals surface area contributed by atoms with Crippen LogP contribution in [0.5, 0.6) is 0 Å². The zero-order valence-corrected chi connectivity index (χ0v) is 22.5. The molecule has 1 saturated carbocycles. The molecule has 37 heavy (non-hydrogen) atoms. The third-order valence-electron chi connectivity index (χ3n) is 8.00. The van der Waals surface area contributed by atoms with E-state index in [2.05, 4.69) is 45.9 Å². The molecule has 5 nitrogen and oxygen atoms in total. The highest BCUT2D eigenvalue weighted by molar-refractivity contribution is 8.04. The smallest absolute Gasteiger partial charge is 0.257 e. The lowest BCUT2D eigenvalue weighted by Gasteiger charge is -2.36. The standard InChI is InChI=1S/C31H39N3O2S/c35-30(32-17-6-18-34-19-15-25(16-20-34)21-23-7-2-1-3-8-23)26-13-11-24(12-14-26)22-29-31(36)33-27-9-4-5-10-28(27)37-29/h1-3,7-8,11-14,22,25,27-28H,4-6,9-10,15-21H2,(H,32,35)(H,33,36)/b29-22+. The minimum Gasteiger partial charge on any atom is -0.352 e. The number of carbonyl (C=O) groups is 2. The third-order valence-corrected chi connectivity index (χ3v) is 9.43. The maximum atomic E-state index is 12.6. The second-order valence-electron chi connectivity index (χ2n) is 10.7. The number of likely N-dealkylation sites (tertiary alicyclic amines) is 1. The van der Waals surface area contributed by atoms with E-state index >= 15 is 0 Å². The summed E-state index contributed by atoms with van der Waals surface area (Å²) in [6, 6.07) is 18.7. The Bertz CT molecular complexity index is 1080. The predicted octanol–water partition coefficient (Wildman–Crippen LogP) is 5.28. The predicted molar refractivity (Wildman–Crippen MR) is 152 cm³/mol. The van der Waals surface area contributed by atoms with Crippen molar-refractivity contribution in [2.24, 2.45) is 5.92 Å². The second kappa shape index (κ2) is 12.8. The Morgan fingerprint density at radius 1 is 1.00 bits per heavy atom. The summed E-state index contributed by atoms with van der Waals surface area (Å²) in [7, 11) is 0. The molecule has 0 bridgehead atoms. The van der Waals surface area contributed by atoms with Gasteiger partial charge in [-0.1, -0.05) is 55.3 Å². The van der Waals surface area contributed by atoms with Gasteiger partial charge in [0, 0.05) is 23.4 Å². The van der Waals surface area contributed by atoms with Crippen molar-refractivity contribution in [2.45, 2.75) is 62.7 Å². The Hall–Kier alpha value is -2.57. The van der Waals surface area contributed by atoms with Crippen LogP contribution >= 0.6 is 11.8 Å². The Labute approximate surface area is 225 Å². The van der Waals surface area contributed by atoms with Gasteiger partial charge >= 0.3 is 0 Å². The number of nitrogens with one attached hydrogen (secondary N) is 2. The lowest BCUT2D eigenvalue weighted by atomic mass is 9.90. The van der Waals surface area contributed by atoms with E-state index in [1.807, 2.05) is 30.3 Å². The summed E-state index contributed by atoms with van der Waals surface area (Å²) in [6.07, 6.45) is 11.3. The van der Waals surface area contributed by atoms with Crippen molar-refractivity contribution in [1.29, 1.82) is 0 Å². The van der Waals surface area contributed by atoms with Crippen molar-refractivity contribution < 1.29 is 9.59 Å². The topological polar surface area (TPSA) is 61.4 Å². The molecular weight excluding hydrogens is 478 g/mol. The number of rotatable bonds is 8. The summed E-state index contributed by atoms with van der Waals surface area (Å²) in [5, 5.41) is 6.75. The molecule has 2 aliphatic heterocycles. The zero-order valence-electron chi connectivity index (χ0n) is 21.7. The van der Waals surface area contributed by atoms with Crippen LogP contribution in [-0.4, -0.2) is 54.2 Å². The van der Waals surface area contributed by atoms with Gasteiger partial charge < -0.3 is 15.5 Å². The van der Waals surface area contributed by atoms with Gasteiger partial charge in [-0.3, -0.25) is 9.59 Å². The average Bonchev–Trinajstić information content (AvgIpc) is 2.93. The molecule has 2 N–H and O–H groups in total. The van der Waals surface area contributed by atoms with Gasteiger partial charge in [-0.25, -0.2) is 0 Å². The van der Waals surface area contributed by atoms with E-state index in [1.165, 1.54) is 44.1 Å². The first-order valence-corrected chi connectivity index (χ1v) is 14.9. The second-order valence-corrected chi connectivity index (χ2v) is 12.0. The minimum absolute atomic E-state index is 0.0318. The van der Waals surface area contributed by atoms with Gasteiger partial charge in [-0.05, 0) is 93.4 Å². The Morgan fingerprint density at radius 3 is 2.54 bits per heavy atom. The van der Waals surface area contributed by atoms with E-state index in [-0.39, 0.29) is 11.8 Å². The van der Waals surface area contributed by atoms with Crippen molar-refractivity contribution in [3.05, 3.63) is 76.2 Å². The molecule has 5 rings (SSSR count). The van der Waals surface area contributed by atoms with Crippen LogP contribution in [0.3, 0.4) is 0 Å². The summed E-state index contributed by atoms with van der Waals surface area (Å²) < 4.78 is 0. The monoisotopic (exact) mass is 517 g/mol. The first-order valence-electron chi connectivity index (χ1n) is 14.0. The Kier molecular flexibility index (Phi) is 9.01. The number of thioether (sulfide) groups is 1. The molecule has 1 aliphatic carbocycles. The van der Waals surface area contributed by atoms with E-state index in [1.54, 1.807) is 11.8 Å². The van der Waals surface area contributed by atoms with Crippen molar-refractivity contribution in [1.82, 2.24) is 15.5 Å². The number of hydrogen-bond donors (Lipinski definition) is 2.